The molecule has 4 N–H and O–H groups in total. The molecule has 1 aliphatic heterocycles. The van der Waals surface area contributed by atoms with Gasteiger partial charge in [-0.3, -0.25) is 4.79 Å². The third-order valence-corrected chi connectivity index (χ3v) is 5.33. The first-order chi connectivity index (χ1) is 12.7. The topological polar surface area (TPSA) is 86.8 Å². The molecule has 5 nitrogen and oxygen atoms in total. The summed E-state index contributed by atoms with van der Waals surface area (Å²) in [5, 5.41) is 19.3. The molecule has 1 fully saturated rings. The number of aliphatic hydroxyl groups excluding tert-OH is 2. The lowest BCUT2D eigenvalue weighted by atomic mass is 9.87. The molecule has 3 atom stereocenters. The molecule has 0 bridgehead atoms. The van der Waals surface area contributed by atoms with Crippen molar-refractivity contribution < 1.29 is 15.0 Å². The Kier molecular flexibility index (Phi) is 9.70. The predicted molar refractivity (Wildman–Crippen MR) is 111 cm³/mol. The van der Waals surface area contributed by atoms with Crippen molar-refractivity contribution in [1.29, 1.82) is 0 Å². The van der Waals surface area contributed by atoms with Gasteiger partial charge in [-0.15, -0.1) is 0 Å². The second-order valence-corrected chi connectivity index (χ2v) is 7.46. The van der Waals surface area contributed by atoms with Gasteiger partial charge in [0.2, 0.25) is 5.91 Å². The summed E-state index contributed by atoms with van der Waals surface area (Å²) in [4.78, 5) is 14.6. The maximum Gasteiger partial charge on any atom is 0.225 e. The Balaban J connectivity index is 2.63. The Morgan fingerprint density at radius 3 is 2.33 bits per heavy atom. The molecule has 0 aromatic heterocycles. The van der Waals surface area contributed by atoms with E-state index in [0.29, 0.717) is 24.5 Å². The van der Waals surface area contributed by atoms with E-state index in [1.54, 1.807) is 6.08 Å². The van der Waals surface area contributed by atoms with Gasteiger partial charge in [0.15, 0.2) is 0 Å². The number of rotatable bonds is 9. The number of piperidine rings is 1. The number of likely N-dealkylation sites (tertiary alicyclic amines) is 1. The van der Waals surface area contributed by atoms with Crippen molar-refractivity contribution in [3.63, 3.8) is 0 Å². The molecule has 152 valence electrons. The third kappa shape index (κ3) is 6.76. The minimum absolute atomic E-state index is 0.0821. The Bertz CT molecular complexity index is 584. The van der Waals surface area contributed by atoms with Crippen LogP contribution < -0.4 is 5.73 Å². The van der Waals surface area contributed by atoms with E-state index in [0.717, 1.165) is 31.5 Å². The summed E-state index contributed by atoms with van der Waals surface area (Å²) in [6, 6.07) is 0. The molecule has 1 rings (SSSR count). The van der Waals surface area contributed by atoms with E-state index in [1.807, 2.05) is 18.7 Å². The molecule has 27 heavy (non-hydrogen) atoms. The van der Waals surface area contributed by atoms with E-state index in [9.17, 15) is 15.0 Å². The summed E-state index contributed by atoms with van der Waals surface area (Å²) in [5.74, 6) is 0.245. The lowest BCUT2D eigenvalue weighted by Crippen LogP contribution is -2.42. The number of nitrogens with two attached hydrogens (primary N) is 1. The van der Waals surface area contributed by atoms with Gasteiger partial charge in [-0.25, -0.2) is 0 Å². The van der Waals surface area contributed by atoms with Crippen LogP contribution in [0.3, 0.4) is 0 Å². The number of allylic oxidation sites excluding steroid dienone is 3. The summed E-state index contributed by atoms with van der Waals surface area (Å²) >= 11 is 0. The van der Waals surface area contributed by atoms with Gasteiger partial charge in [-0.2, -0.15) is 0 Å². The van der Waals surface area contributed by atoms with Crippen LogP contribution in [0.4, 0.5) is 0 Å². The number of nitrogens with zero attached hydrogens (tertiary/aromatic N) is 1. The molecule has 1 amide bonds. The maximum absolute atomic E-state index is 12.7. The van der Waals surface area contributed by atoms with Crippen LogP contribution >= 0.6 is 0 Å². The zero-order valence-corrected chi connectivity index (χ0v) is 17.0. The molecule has 1 heterocycles. The second-order valence-electron chi connectivity index (χ2n) is 7.46. The first-order valence-corrected chi connectivity index (χ1v) is 9.76. The Labute approximate surface area is 163 Å². The molecule has 5 heteroatoms. The average Bonchev–Trinajstić information content (AvgIpc) is 2.67. The monoisotopic (exact) mass is 376 g/mol. The van der Waals surface area contributed by atoms with Crippen molar-refractivity contribution in [2.24, 2.45) is 17.6 Å². The molecule has 0 aromatic carbocycles. The first-order valence-electron chi connectivity index (χ1n) is 9.76. The molecular formula is C22H36N2O3. The van der Waals surface area contributed by atoms with E-state index in [2.05, 4.69) is 25.3 Å². The highest BCUT2D eigenvalue weighted by Crippen LogP contribution is 2.28. The van der Waals surface area contributed by atoms with Gasteiger partial charge in [0.05, 0.1) is 6.10 Å². The number of amides is 1. The predicted octanol–water partition coefficient (Wildman–Crippen LogP) is 2.57. The van der Waals surface area contributed by atoms with Gasteiger partial charge < -0.3 is 20.8 Å². The van der Waals surface area contributed by atoms with Crippen molar-refractivity contribution in [2.75, 3.05) is 19.6 Å². The van der Waals surface area contributed by atoms with E-state index >= 15 is 0 Å². The van der Waals surface area contributed by atoms with E-state index < -0.39 is 12.2 Å². The smallest absolute Gasteiger partial charge is 0.225 e. The Morgan fingerprint density at radius 1 is 1.30 bits per heavy atom. The number of aliphatic hydroxyl groups is 2. The fraction of sp³-hybridized carbons (Fsp3) is 0.591. The number of carbonyl (C=O) groups is 1. The van der Waals surface area contributed by atoms with Gasteiger partial charge in [0.1, 0.15) is 6.10 Å². The van der Waals surface area contributed by atoms with Crippen molar-refractivity contribution in [1.82, 2.24) is 4.90 Å². The minimum atomic E-state index is -0.989. The lowest BCUT2D eigenvalue weighted by Gasteiger charge is -2.34. The third-order valence-electron chi connectivity index (χ3n) is 5.33. The van der Waals surface area contributed by atoms with Crippen LogP contribution in [0, 0.1) is 11.8 Å². The summed E-state index contributed by atoms with van der Waals surface area (Å²) in [7, 11) is 0. The fourth-order valence-electron chi connectivity index (χ4n) is 3.54. The average molecular weight is 377 g/mol. The molecule has 1 saturated heterocycles. The summed E-state index contributed by atoms with van der Waals surface area (Å²) in [5.41, 5.74) is 8.50. The van der Waals surface area contributed by atoms with Crippen LogP contribution in [-0.4, -0.2) is 52.9 Å². The van der Waals surface area contributed by atoms with Crippen molar-refractivity contribution in [3.8, 4) is 0 Å². The van der Waals surface area contributed by atoms with Gasteiger partial charge in [0.25, 0.3) is 0 Å². The van der Waals surface area contributed by atoms with Gasteiger partial charge in [0, 0.05) is 25.6 Å². The summed E-state index contributed by atoms with van der Waals surface area (Å²) in [6.07, 6.45) is 6.37. The molecule has 3 unspecified atom stereocenters. The Morgan fingerprint density at radius 2 is 1.89 bits per heavy atom. The second kappa shape index (κ2) is 11.2. The van der Waals surface area contributed by atoms with Crippen molar-refractivity contribution >= 4 is 5.91 Å². The fourth-order valence-corrected chi connectivity index (χ4v) is 3.54. The maximum atomic E-state index is 12.7. The molecular weight excluding hydrogens is 340 g/mol. The van der Waals surface area contributed by atoms with Crippen LogP contribution in [0.25, 0.3) is 0 Å². The normalized spacial score (nSPS) is 20.1. The SMILES string of the molecule is C=C/C(=C\C(=C/C)C1CCN(C(=O)C(C)CC(=C)C(O)C(C)O)CC1)CN. The molecule has 0 saturated carbocycles. The number of hydrogen-bond acceptors (Lipinski definition) is 4. The summed E-state index contributed by atoms with van der Waals surface area (Å²) in [6.45, 7) is 14.9. The highest BCUT2D eigenvalue weighted by Gasteiger charge is 2.28. The quantitative estimate of drug-likeness (QED) is 0.426. The zero-order valence-electron chi connectivity index (χ0n) is 17.0. The highest BCUT2D eigenvalue weighted by molar-refractivity contribution is 5.79. The molecule has 0 aromatic rings. The molecule has 1 aliphatic rings. The van der Waals surface area contributed by atoms with E-state index in [-0.39, 0.29) is 11.8 Å². The number of carbonyl (C=O) groups excluding carboxylic acids is 1. The largest absolute Gasteiger partial charge is 0.390 e. The van der Waals surface area contributed by atoms with Crippen LogP contribution in [0.15, 0.2) is 48.1 Å². The number of hydrogen-bond donors (Lipinski definition) is 3. The molecule has 0 radical (unpaired) electrons. The Hall–Kier alpha value is -1.69. The lowest BCUT2D eigenvalue weighted by molar-refractivity contribution is -0.136. The summed E-state index contributed by atoms with van der Waals surface area (Å²) < 4.78 is 0. The van der Waals surface area contributed by atoms with Crippen molar-refractivity contribution in [2.45, 2.75) is 52.2 Å². The van der Waals surface area contributed by atoms with Gasteiger partial charge in [-0.1, -0.05) is 38.3 Å². The van der Waals surface area contributed by atoms with Gasteiger partial charge in [-0.05, 0) is 55.7 Å². The standard InChI is InChI=1S/C22H36N2O3/c1-6-18(14-23)13-19(7-2)20-8-10-24(11-9-20)22(27)16(4)12-15(3)21(26)17(5)25/h6-7,13,16-17,20-21,25-26H,1,3,8-12,14,23H2,2,4-5H3/b18-13+,19-7+. The van der Waals surface area contributed by atoms with Crippen LogP contribution in [0.1, 0.15) is 40.0 Å². The molecule has 0 aliphatic carbocycles. The zero-order chi connectivity index (χ0) is 20.6. The minimum Gasteiger partial charge on any atom is -0.390 e. The first kappa shape index (κ1) is 23.3. The van der Waals surface area contributed by atoms with Crippen LogP contribution in [-0.2, 0) is 4.79 Å². The van der Waals surface area contributed by atoms with Crippen LogP contribution in [0.2, 0.25) is 0 Å². The molecule has 0 spiro atoms. The van der Waals surface area contributed by atoms with Crippen molar-refractivity contribution in [3.05, 3.63) is 48.1 Å². The van der Waals surface area contributed by atoms with Gasteiger partial charge >= 0.3 is 0 Å². The highest BCUT2D eigenvalue weighted by atomic mass is 16.3. The van der Waals surface area contributed by atoms with E-state index in [1.165, 1.54) is 12.5 Å². The van der Waals surface area contributed by atoms with Crippen LogP contribution in [0.5, 0.6) is 0 Å². The van der Waals surface area contributed by atoms with E-state index in [4.69, 9.17) is 5.73 Å².